The molecule has 0 radical (unpaired) electrons. The number of benzene rings is 2. The number of nitrogens with two attached hydrogens (primary N) is 1. The third kappa shape index (κ3) is 3.29. The first-order chi connectivity index (χ1) is 9.60. The molecular formula is C16H18N2O2. The van der Waals surface area contributed by atoms with Gasteiger partial charge in [-0.3, -0.25) is 5.41 Å². The average molecular weight is 270 g/mol. The third-order valence-electron chi connectivity index (χ3n) is 3.03. The van der Waals surface area contributed by atoms with Gasteiger partial charge in [0.2, 0.25) is 0 Å². The van der Waals surface area contributed by atoms with Crippen molar-refractivity contribution in [2.45, 2.75) is 13.5 Å². The second-order valence-electron chi connectivity index (χ2n) is 4.53. The first-order valence-corrected chi connectivity index (χ1v) is 6.31. The molecular weight excluding hydrogens is 252 g/mol. The van der Waals surface area contributed by atoms with Crippen LogP contribution in [0.4, 0.5) is 0 Å². The first-order valence-electron chi connectivity index (χ1n) is 6.31. The number of aryl methyl sites for hydroxylation is 1. The smallest absolute Gasteiger partial charge is 0.122 e. The van der Waals surface area contributed by atoms with Crippen molar-refractivity contribution in [1.29, 1.82) is 5.41 Å². The molecule has 0 saturated heterocycles. The van der Waals surface area contributed by atoms with Gasteiger partial charge in [-0.15, -0.1) is 0 Å². The lowest BCUT2D eigenvalue weighted by Crippen LogP contribution is -2.10. The molecule has 104 valence electrons. The minimum Gasteiger partial charge on any atom is -0.496 e. The molecule has 0 saturated carbocycles. The molecule has 20 heavy (non-hydrogen) atoms. The quantitative estimate of drug-likeness (QED) is 0.648. The molecule has 4 heteroatoms. The standard InChI is InChI=1S/C16H18N2O2/c1-11-9-12(3-8-15(11)19-2)10-20-14-6-4-13(5-7-14)16(17)18/h3-9H,10H2,1-2H3,(H3,17,18). The second-order valence-corrected chi connectivity index (χ2v) is 4.53. The van der Waals surface area contributed by atoms with Crippen molar-refractivity contribution in [3.8, 4) is 11.5 Å². The van der Waals surface area contributed by atoms with Gasteiger partial charge in [0.1, 0.15) is 23.9 Å². The molecule has 3 N–H and O–H groups in total. The minimum absolute atomic E-state index is 0.0577. The van der Waals surface area contributed by atoms with E-state index in [4.69, 9.17) is 20.6 Å². The van der Waals surface area contributed by atoms with Gasteiger partial charge in [0, 0.05) is 5.56 Å². The van der Waals surface area contributed by atoms with Gasteiger partial charge in [0.05, 0.1) is 7.11 Å². The maximum atomic E-state index is 7.33. The molecule has 0 heterocycles. The third-order valence-corrected chi connectivity index (χ3v) is 3.03. The minimum atomic E-state index is 0.0577. The molecule has 0 fully saturated rings. The van der Waals surface area contributed by atoms with Gasteiger partial charge in [0.15, 0.2) is 0 Å². The van der Waals surface area contributed by atoms with E-state index in [1.807, 2.05) is 37.3 Å². The maximum Gasteiger partial charge on any atom is 0.122 e. The van der Waals surface area contributed by atoms with Gasteiger partial charge in [0.25, 0.3) is 0 Å². The number of hydrogen-bond donors (Lipinski definition) is 2. The molecule has 0 aromatic heterocycles. The molecule has 2 aromatic rings. The zero-order valence-electron chi connectivity index (χ0n) is 11.6. The van der Waals surface area contributed by atoms with E-state index in [1.54, 1.807) is 19.2 Å². The number of methoxy groups -OCH3 is 1. The fraction of sp³-hybridized carbons (Fsp3) is 0.188. The summed E-state index contributed by atoms with van der Waals surface area (Å²) in [7, 11) is 1.66. The Morgan fingerprint density at radius 1 is 1.15 bits per heavy atom. The molecule has 2 aromatic carbocycles. The Labute approximate surface area is 118 Å². The van der Waals surface area contributed by atoms with Gasteiger partial charge < -0.3 is 15.2 Å². The van der Waals surface area contributed by atoms with Crippen LogP contribution in [-0.2, 0) is 6.61 Å². The monoisotopic (exact) mass is 270 g/mol. The number of ether oxygens (including phenoxy) is 2. The van der Waals surface area contributed by atoms with Crippen LogP contribution in [-0.4, -0.2) is 12.9 Å². The van der Waals surface area contributed by atoms with E-state index in [0.717, 1.165) is 22.6 Å². The van der Waals surface area contributed by atoms with Crippen molar-refractivity contribution in [3.05, 3.63) is 59.2 Å². The van der Waals surface area contributed by atoms with Gasteiger partial charge >= 0.3 is 0 Å². The number of nitrogens with one attached hydrogen (secondary N) is 1. The Balaban J connectivity index is 2.01. The van der Waals surface area contributed by atoms with Crippen LogP contribution in [0, 0.1) is 12.3 Å². The highest BCUT2D eigenvalue weighted by Gasteiger charge is 2.02. The van der Waals surface area contributed by atoms with Crippen molar-refractivity contribution in [1.82, 2.24) is 0 Å². The Morgan fingerprint density at radius 3 is 2.40 bits per heavy atom. The highest BCUT2D eigenvalue weighted by molar-refractivity contribution is 5.94. The molecule has 0 spiro atoms. The van der Waals surface area contributed by atoms with E-state index >= 15 is 0 Å². The highest BCUT2D eigenvalue weighted by atomic mass is 16.5. The van der Waals surface area contributed by atoms with Crippen LogP contribution in [0.5, 0.6) is 11.5 Å². The van der Waals surface area contributed by atoms with Gasteiger partial charge in [-0.05, 0) is 54.4 Å². The molecule has 0 atom stereocenters. The van der Waals surface area contributed by atoms with Crippen molar-refractivity contribution >= 4 is 5.84 Å². The topological polar surface area (TPSA) is 68.3 Å². The van der Waals surface area contributed by atoms with Crippen LogP contribution in [0.2, 0.25) is 0 Å². The molecule has 0 bridgehead atoms. The Kier molecular flexibility index (Phi) is 4.25. The Morgan fingerprint density at radius 2 is 1.85 bits per heavy atom. The fourth-order valence-electron chi connectivity index (χ4n) is 1.93. The van der Waals surface area contributed by atoms with Crippen LogP contribution in [0.1, 0.15) is 16.7 Å². The van der Waals surface area contributed by atoms with E-state index in [0.29, 0.717) is 12.2 Å². The number of nitrogen functional groups attached to an aromatic ring is 1. The van der Waals surface area contributed by atoms with Crippen molar-refractivity contribution in [3.63, 3.8) is 0 Å². The van der Waals surface area contributed by atoms with Crippen LogP contribution in [0.3, 0.4) is 0 Å². The molecule has 0 aliphatic carbocycles. The summed E-state index contributed by atoms with van der Waals surface area (Å²) >= 11 is 0. The summed E-state index contributed by atoms with van der Waals surface area (Å²) in [5.74, 6) is 1.69. The zero-order chi connectivity index (χ0) is 14.5. The SMILES string of the molecule is COc1ccc(COc2ccc(C(=N)N)cc2)cc1C. The average Bonchev–Trinajstić information content (AvgIpc) is 2.45. The van der Waals surface area contributed by atoms with Gasteiger partial charge in [-0.2, -0.15) is 0 Å². The van der Waals surface area contributed by atoms with Crippen LogP contribution < -0.4 is 15.2 Å². The van der Waals surface area contributed by atoms with Crippen LogP contribution >= 0.6 is 0 Å². The van der Waals surface area contributed by atoms with E-state index in [2.05, 4.69) is 0 Å². The first kappa shape index (κ1) is 13.9. The number of rotatable bonds is 5. The molecule has 0 unspecified atom stereocenters. The summed E-state index contributed by atoms with van der Waals surface area (Å²) < 4.78 is 10.9. The predicted octanol–water partition coefficient (Wildman–Crippen LogP) is 2.87. The summed E-state index contributed by atoms with van der Waals surface area (Å²) in [6.45, 7) is 2.49. The Hall–Kier alpha value is -2.49. The van der Waals surface area contributed by atoms with E-state index in [-0.39, 0.29) is 5.84 Å². The fourth-order valence-corrected chi connectivity index (χ4v) is 1.93. The Bertz CT molecular complexity index is 606. The molecule has 0 amide bonds. The van der Waals surface area contributed by atoms with Crippen LogP contribution in [0.25, 0.3) is 0 Å². The summed E-state index contributed by atoms with van der Waals surface area (Å²) in [6, 6.07) is 13.1. The second kappa shape index (κ2) is 6.10. The normalized spacial score (nSPS) is 10.1. The summed E-state index contributed by atoms with van der Waals surface area (Å²) in [5.41, 5.74) is 8.26. The molecule has 2 rings (SSSR count). The van der Waals surface area contributed by atoms with E-state index in [1.165, 1.54) is 0 Å². The lowest BCUT2D eigenvalue weighted by Gasteiger charge is -2.09. The zero-order valence-corrected chi connectivity index (χ0v) is 11.6. The number of hydrogen-bond acceptors (Lipinski definition) is 3. The van der Waals surface area contributed by atoms with Gasteiger partial charge in [-0.25, -0.2) is 0 Å². The highest BCUT2D eigenvalue weighted by Crippen LogP contribution is 2.20. The van der Waals surface area contributed by atoms with E-state index in [9.17, 15) is 0 Å². The van der Waals surface area contributed by atoms with Crippen molar-refractivity contribution in [2.75, 3.05) is 7.11 Å². The lowest BCUT2D eigenvalue weighted by atomic mass is 10.1. The summed E-state index contributed by atoms with van der Waals surface area (Å²) in [5, 5.41) is 7.33. The van der Waals surface area contributed by atoms with Crippen molar-refractivity contribution < 1.29 is 9.47 Å². The molecule has 0 aliphatic heterocycles. The molecule has 0 aliphatic rings. The van der Waals surface area contributed by atoms with Crippen molar-refractivity contribution in [2.24, 2.45) is 5.73 Å². The maximum absolute atomic E-state index is 7.33. The lowest BCUT2D eigenvalue weighted by molar-refractivity contribution is 0.306. The summed E-state index contributed by atoms with van der Waals surface area (Å²) in [6.07, 6.45) is 0. The molecule has 4 nitrogen and oxygen atoms in total. The van der Waals surface area contributed by atoms with Gasteiger partial charge in [-0.1, -0.05) is 6.07 Å². The van der Waals surface area contributed by atoms with E-state index < -0.39 is 0 Å². The largest absolute Gasteiger partial charge is 0.496 e. The summed E-state index contributed by atoms with van der Waals surface area (Å²) in [4.78, 5) is 0. The van der Waals surface area contributed by atoms with Crippen LogP contribution in [0.15, 0.2) is 42.5 Å². The predicted molar refractivity (Wildman–Crippen MR) is 79.5 cm³/mol. The number of amidine groups is 1.